The predicted molar refractivity (Wildman–Crippen MR) is 116 cm³/mol. The molecule has 2 aromatic carbocycles. The maximum atomic E-state index is 12.4. The molecule has 0 aliphatic rings. The van der Waals surface area contributed by atoms with Gasteiger partial charge in [-0.1, -0.05) is 60.7 Å². The monoisotopic (exact) mass is 390 g/mol. The number of carboxylic acid groups (broad SMARTS) is 1. The van der Waals surface area contributed by atoms with Gasteiger partial charge in [-0.15, -0.1) is 0 Å². The van der Waals surface area contributed by atoms with Crippen molar-refractivity contribution in [1.82, 2.24) is 9.47 Å². The molecule has 29 heavy (non-hydrogen) atoms. The zero-order valence-corrected chi connectivity index (χ0v) is 17.1. The number of unbranched alkanes of at least 4 members (excludes halogenated alkanes) is 1. The van der Waals surface area contributed by atoms with E-state index < -0.39 is 11.5 Å². The molecule has 4 nitrogen and oxygen atoms in total. The standard InChI is InChI=1S/C25H30N2O2/c1-25(24(28)29,16-8-9-17-26-18-10-11-19-26)27(20-22-12-4-2-5-13-22)21-23-14-6-3-7-15-23/h2-7,10-15,18-19H,8-9,16-17,20-21H2,1H3,(H,28,29)/t25-/m0/s1. The van der Waals surface area contributed by atoms with Crippen LogP contribution in [0.1, 0.15) is 37.3 Å². The minimum atomic E-state index is -0.928. The van der Waals surface area contributed by atoms with Crippen molar-refractivity contribution in [3.05, 3.63) is 96.3 Å². The van der Waals surface area contributed by atoms with Gasteiger partial charge in [0.15, 0.2) is 0 Å². The number of rotatable bonds is 11. The number of benzene rings is 2. The number of hydrogen-bond donors (Lipinski definition) is 1. The van der Waals surface area contributed by atoms with Gasteiger partial charge in [-0.3, -0.25) is 9.69 Å². The highest BCUT2D eigenvalue weighted by atomic mass is 16.4. The Morgan fingerprint density at radius 3 is 1.86 bits per heavy atom. The van der Waals surface area contributed by atoms with E-state index in [0.29, 0.717) is 19.5 Å². The van der Waals surface area contributed by atoms with Crippen molar-refractivity contribution < 1.29 is 9.90 Å². The molecule has 1 N–H and O–H groups in total. The molecule has 3 aromatic rings. The molecule has 1 heterocycles. The molecular formula is C25H30N2O2. The fourth-order valence-electron chi connectivity index (χ4n) is 3.70. The van der Waals surface area contributed by atoms with Crippen molar-refractivity contribution in [3.63, 3.8) is 0 Å². The van der Waals surface area contributed by atoms with E-state index in [1.165, 1.54) is 0 Å². The highest BCUT2D eigenvalue weighted by molar-refractivity contribution is 5.78. The van der Waals surface area contributed by atoms with Gasteiger partial charge in [-0.2, -0.15) is 0 Å². The van der Waals surface area contributed by atoms with Crippen LogP contribution < -0.4 is 0 Å². The number of hydrogen-bond acceptors (Lipinski definition) is 2. The van der Waals surface area contributed by atoms with Crippen LogP contribution in [-0.4, -0.2) is 26.1 Å². The van der Waals surface area contributed by atoms with Crippen LogP contribution >= 0.6 is 0 Å². The van der Waals surface area contributed by atoms with Crippen molar-refractivity contribution >= 4 is 5.97 Å². The second-order valence-corrected chi connectivity index (χ2v) is 7.78. The van der Waals surface area contributed by atoms with E-state index in [9.17, 15) is 9.90 Å². The van der Waals surface area contributed by atoms with Crippen molar-refractivity contribution in [1.29, 1.82) is 0 Å². The summed E-state index contributed by atoms with van der Waals surface area (Å²) < 4.78 is 2.14. The van der Waals surface area contributed by atoms with Crippen LogP contribution in [-0.2, 0) is 24.4 Å². The lowest BCUT2D eigenvalue weighted by atomic mass is 9.91. The van der Waals surface area contributed by atoms with Gasteiger partial charge in [0.2, 0.25) is 0 Å². The molecule has 0 aliphatic heterocycles. The molecule has 4 heteroatoms. The Morgan fingerprint density at radius 2 is 1.38 bits per heavy atom. The molecule has 152 valence electrons. The lowest BCUT2D eigenvalue weighted by Crippen LogP contribution is -2.51. The molecule has 0 unspecified atom stereocenters. The third kappa shape index (κ3) is 5.81. The van der Waals surface area contributed by atoms with Gasteiger partial charge < -0.3 is 9.67 Å². The Kier molecular flexibility index (Phi) is 7.25. The van der Waals surface area contributed by atoms with Gasteiger partial charge in [0, 0.05) is 32.0 Å². The predicted octanol–water partition coefficient (Wildman–Crippen LogP) is 5.20. The van der Waals surface area contributed by atoms with E-state index in [4.69, 9.17) is 0 Å². The number of carbonyl (C=O) groups is 1. The van der Waals surface area contributed by atoms with Crippen LogP contribution in [0.25, 0.3) is 0 Å². The zero-order chi connectivity index (χ0) is 20.5. The summed E-state index contributed by atoms with van der Waals surface area (Å²) in [7, 11) is 0. The van der Waals surface area contributed by atoms with Gasteiger partial charge in [-0.05, 0) is 49.4 Å². The van der Waals surface area contributed by atoms with E-state index in [1.54, 1.807) is 0 Å². The fourth-order valence-corrected chi connectivity index (χ4v) is 3.70. The molecule has 0 radical (unpaired) electrons. The second-order valence-electron chi connectivity index (χ2n) is 7.78. The molecule has 3 rings (SSSR count). The molecule has 0 saturated carbocycles. The van der Waals surface area contributed by atoms with Crippen molar-refractivity contribution in [2.75, 3.05) is 0 Å². The van der Waals surface area contributed by atoms with Crippen LogP contribution in [0.2, 0.25) is 0 Å². The maximum absolute atomic E-state index is 12.4. The van der Waals surface area contributed by atoms with E-state index in [0.717, 1.165) is 30.5 Å². The van der Waals surface area contributed by atoms with Gasteiger partial charge in [0.25, 0.3) is 0 Å². The van der Waals surface area contributed by atoms with Gasteiger partial charge in [0.05, 0.1) is 0 Å². The second kappa shape index (κ2) is 10.1. The lowest BCUT2D eigenvalue weighted by Gasteiger charge is -2.38. The highest BCUT2D eigenvalue weighted by Gasteiger charge is 2.39. The van der Waals surface area contributed by atoms with E-state index in [2.05, 4.69) is 33.7 Å². The lowest BCUT2D eigenvalue weighted by molar-refractivity contribution is -0.152. The van der Waals surface area contributed by atoms with Crippen LogP contribution in [0.5, 0.6) is 0 Å². The van der Waals surface area contributed by atoms with E-state index in [1.807, 2.05) is 67.8 Å². The third-order valence-corrected chi connectivity index (χ3v) is 5.59. The van der Waals surface area contributed by atoms with Gasteiger partial charge in [-0.25, -0.2) is 0 Å². The first-order chi connectivity index (χ1) is 14.1. The van der Waals surface area contributed by atoms with Gasteiger partial charge >= 0.3 is 5.97 Å². The van der Waals surface area contributed by atoms with Crippen molar-refractivity contribution in [2.45, 2.75) is 51.4 Å². The largest absolute Gasteiger partial charge is 0.480 e. The van der Waals surface area contributed by atoms with Crippen LogP contribution in [0, 0.1) is 0 Å². The van der Waals surface area contributed by atoms with E-state index in [-0.39, 0.29) is 0 Å². The minimum Gasteiger partial charge on any atom is -0.480 e. The first-order valence-corrected chi connectivity index (χ1v) is 10.2. The molecule has 0 saturated heterocycles. The normalized spacial score (nSPS) is 13.3. The first kappa shape index (κ1) is 20.9. The number of carboxylic acids is 1. The number of aromatic nitrogens is 1. The minimum absolute atomic E-state index is 0.607. The summed E-state index contributed by atoms with van der Waals surface area (Å²) in [5.41, 5.74) is 1.33. The summed E-state index contributed by atoms with van der Waals surface area (Å²) in [6, 6.07) is 24.3. The molecule has 0 aliphatic carbocycles. The Labute approximate surface area is 173 Å². The van der Waals surface area contributed by atoms with Crippen LogP contribution in [0.15, 0.2) is 85.2 Å². The SMILES string of the molecule is C[C@](CCCCn1cccc1)(C(=O)O)N(Cc1ccccc1)Cc1ccccc1. The first-order valence-electron chi connectivity index (χ1n) is 10.2. The van der Waals surface area contributed by atoms with E-state index >= 15 is 0 Å². The fraction of sp³-hybridized carbons (Fsp3) is 0.320. The van der Waals surface area contributed by atoms with Crippen LogP contribution in [0.4, 0.5) is 0 Å². The van der Waals surface area contributed by atoms with Crippen molar-refractivity contribution in [2.24, 2.45) is 0 Å². The summed E-state index contributed by atoms with van der Waals surface area (Å²) in [6.45, 7) is 4.00. The summed E-state index contributed by atoms with van der Waals surface area (Å²) >= 11 is 0. The molecular weight excluding hydrogens is 360 g/mol. The number of aryl methyl sites for hydroxylation is 1. The Balaban J connectivity index is 1.75. The topological polar surface area (TPSA) is 45.5 Å². The molecule has 0 fully saturated rings. The summed E-state index contributed by atoms with van der Waals surface area (Å²) in [4.78, 5) is 14.5. The summed E-state index contributed by atoms with van der Waals surface area (Å²) in [5, 5.41) is 10.2. The van der Waals surface area contributed by atoms with Crippen molar-refractivity contribution in [3.8, 4) is 0 Å². The Hall–Kier alpha value is -2.85. The number of aliphatic carboxylic acids is 1. The average molecular weight is 391 g/mol. The smallest absolute Gasteiger partial charge is 0.323 e. The number of nitrogens with zero attached hydrogens (tertiary/aromatic N) is 2. The quantitative estimate of drug-likeness (QED) is 0.458. The van der Waals surface area contributed by atoms with Crippen LogP contribution in [0.3, 0.4) is 0 Å². The highest BCUT2D eigenvalue weighted by Crippen LogP contribution is 2.27. The summed E-state index contributed by atoms with van der Waals surface area (Å²) in [5.74, 6) is -0.759. The average Bonchev–Trinajstić information content (AvgIpc) is 3.25. The Bertz CT molecular complexity index is 821. The summed E-state index contributed by atoms with van der Waals surface area (Å²) in [6.07, 6.45) is 6.54. The molecule has 0 bridgehead atoms. The molecule has 0 spiro atoms. The maximum Gasteiger partial charge on any atom is 0.323 e. The molecule has 0 amide bonds. The molecule has 1 aromatic heterocycles. The van der Waals surface area contributed by atoms with Gasteiger partial charge in [0.1, 0.15) is 5.54 Å². The third-order valence-electron chi connectivity index (χ3n) is 5.59. The Morgan fingerprint density at radius 1 is 0.862 bits per heavy atom. The zero-order valence-electron chi connectivity index (χ0n) is 17.1. The molecule has 1 atom stereocenters.